The molecule has 3 rings (SSSR count). The van der Waals surface area contributed by atoms with Gasteiger partial charge in [0.2, 0.25) is 0 Å². The van der Waals surface area contributed by atoms with Crippen molar-refractivity contribution in [3.8, 4) is 0 Å². The summed E-state index contributed by atoms with van der Waals surface area (Å²) in [6, 6.07) is 12.6. The topological polar surface area (TPSA) is 17.0 Å². The van der Waals surface area contributed by atoms with Gasteiger partial charge >= 0.3 is 0 Å². The molecule has 0 aliphatic carbocycles. The summed E-state index contributed by atoms with van der Waals surface area (Å²) in [5, 5.41) is 4.32. The van der Waals surface area contributed by atoms with Crippen LogP contribution in [-0.2, 0) is 6.54 Å². The van der Waals surface area contributed by atoms with Crippen LogP contribution in [0.25, 0.3) is 0 Å². The van der Waals surface area contributed by atoms with E-state index in [1.54, 1.807) is 0 Å². The van der Waals surface area contributed by atoms with Crippen LogP contribution in [0.2, 0.25) is 5.02 Å². The molecule has 1 aromatic carbocycles. The summed E-state index contributed by atoms with van der Waals surface area (Å²) in [4.78, 5) is 0. The quantitative estimate of drug-likeness (QED) is 0.800. The molecule has 16 heavy (non-hydrogen) atoms. The Morgan fingerprint density at radius 2 is 2.00 bits per heavy atom. The van der Waals surface area contributed by atoms with Gasteiger partial charge in [0.1, 0.15) is 0 Å². The molecular weight excluding hydrogens is 220 g/mol. The summed E-state index contributed by atoms with van der Waals surface area (Å²) in [6.45, 7) is 2.06. The monoisotopic (exact) mass is 232 g/mol. The molecule has 1 N–H and O–H groups in total. The van der Waals surface area contributed by atoms with Gasteiger partial charge in [0.15, 0.2) is 0 Å². The van der Waals surface area contributed by atoms with Crippen LogP contribution < -0.4 is 5.32 Å². The molecule has 3 heteroatoms. The van der Waals surface area contributed by atoms with Crippen LogP contribution in [0.3, 0.4) is 0 Å². The minimum atomic E-state index is 0.293. The van der Waals surface area contributed by atoms with Gasteiger partial charge < -0.3 is 9.88 Å². The molecule has 2 nitrogen and oxygen atoms in total. The summed E-state index contributed by atoms with van der Waals surface area (Å²) in [5.41, 5.74) is 2.60. The molecule has 0 fully saturated rings. The van der Waals surface area contributed by atoms with Crippen LogP contribution in [-0.4, -0.2) is 11.1 Å². The maximum atomic E-state index is 5.90. The first kappa shape index (κ1) is 9.94. The zero-order chi connectivity index (χ0) is 11.0. The third-order valence-electron chi connectivity index (χ3n) is 3.06. The van der Waals surface area contributed by atoms with Crippen molar-refractivity contribution in [1.29, 1.82) is 0 Å². The molecule has 1 aliphatic heterocycles. The highest BCUT2D eigenvalue weighted by Crippen LogP contribution is 2.26. The predicted octanol–water partition coefficient (Wildman–Crippen LogP) is 2.83. The number of aromatic nitrogens is 1. The van der Waals surface area contributed by atoms with Crippen LogP contribution in [0.15, 0.2) is 42.6 Å². The highest BCUT2D eigenvalue weighted by molar-refractivity contribution is 6.30. The second-order valence-electron chi connectivity index (χ2n) is 4.07. The van der Waals surface area contributed by atoms with Crippen molar-refractivity contribution in [3.63, 3.8) is 0 Å². The molecular formula is C13H13ClN2. The number of nitrogens with one attached hydrogen (secondary N) is 1. The predicted molar refractivity (Wildman–Crippen MR) is 65.7 cm³/mol. The van der Waals surface area contributed by atoms with E-state index in [0.29, 0.717) is 6.04 Å². The fraction of sp³-hybridized carbons (Fsp3) is 0.231. The second-order valence-corrected chi connectivity index (χ2v) is 4.50. The van der Waals surface area contributed by atoms with Crippen molar-refractivity contribution in [2.45, 2.75) is 12.6 Å². The van der Waals surface area contributed by atoms with Crippen LogP contribution in [0, 0.1) is 0 Å². The highest BCUT2D eigenvalue weighted by atomic mass is 35.5. The second kappa shape index (κ2) is 3.96. The van der Waals surface area contributed by atoms with Gasteiger partial charge in [-0.3, -0.25) is 0 Å². The van der Waals surface area contributed by atoms with Gasteiger partial charge in [0.25, 0.3) is 0 Å². The molecule has 0 radical (unpaired) electrons. The van der Waals surface area contributed by atoms with E-state index in [9.17, 15) is 0 Å². The number of hydrogen-bond donors (Lipinski definition) is 1. The minimum Gasteiger partial charge on any atom is -0.348 e. The zero-order valence-electron chi connectivity index (χ0n) is 8.86. The molecule has 1 aliphatic rings. The molecule has 2 heterocycles. The Balaban J connectivity index is 2.00. The Hall–Kier alpha value is -1.25. The van der Waals surface area contributed by atoms with Gasteiger partial charge in [-0.1, -0.05) is 23.7 Å². The summed E-state index contributed by atoms with van der Waals surface area (Å²) in [6.07, 6.45) is 2.14. The first-order valence-electron chi connectivity index (χ1n) is 5.48. The maximum Gasteiger partial charge on any atom is 0.0731 e. The first-order valence-corrected chi connectivity index (χ1v) is 5.86. The highest BCUT2D eigenvalue weighted by Gasteiger charge is 2.20. The van der Waals surface area contributed by atoms with E-state index in [4.69, 9.17) is 11.6 Å². The lowest BCUT2D eigenvalue weighted by Gasteiger charge is -2.26. The normalized spacial score (nSPS) is 19.4. The van der Waals surface area contributed by atoms with Crippen molar-refractivity contribution in [1.82, 2.24) is 9.88 Å². The Bertz CT molecular complexity index is 487. The number of fused-ring (bicyclic) bond motifs is 1. The summed E-state index contributed by atoms with van der Waals surface area (Å²) < 4.78 is 2.30. The number of hydrogen-bond acceptors (Lipinski definition) is 1. The van der Waals surface area contributed by atoms with Gasteiger partial charge in [-0.15, -0.1) is 0 Å². The fourth-order valence-electron chi connectivity index (χ4n) is 2.27. The molecule has 0 spiro atoms. The SMILES string of the molecule is Clc1ccc([C@H]2NCCn3cccc32)cc1. The lowest BCUT2D eigenvalue weighted by Crippen LogP contribution is -2.33. The van der Waals surface area contributed by atoms with E-state index >= 15 is 0 Å². The van der Waals surface area contributed by atoms with Crippen LogP contribution >= 0.6 is 11.6 Å². The molecule has 2 aromatic rings. The maximum absolute atomic E-state index is 5.90. The molecule has 1 aromatic heterocycles. The molecule has 1 atom stereocenters. The van der Waals surface area contributed by atoms with E-state index in [1.807, 2.05) is 12.1 Å². The Labute approximate surface area is 99.8 Å². The minimum absolute atomic E-state index is 0.293. The van der Waals surface area contributed by atoms with E-state index in [1.165, 1.54) is 11.3 Å². The van der Waals surface area contributed by atoms with E-state index in [0.717, 1.165) is 18.1 Å². The summed E-state index contributed by atoms with van der Waals surface area (Å²) >= 11 is 5.90. The fourth-order valence-corrected chi connectivity index (χ4v) is 2.40. The third kappa shape index (κ3) is 1.64. The molecule has 0 unspecified atom stereocenters. The lowest BCUT2D eigenvalue weighted by atomic mass is 10.0. The molecule has 0 bridgehead atoms. The summed E-state index contributed by atoms with van der Waals surface area (Å²) in [7, 11) is 0. The van der Waals surface area contributed by atoms with Gasteiger partial charge in [0, 0.05) is 30.0 Å². The van der Waals surface area contributed by atoms with Crippen molar-refractivity contribution in [2.24, 2.45) is 0 Å². The average molecular weight is 233 g/mol. The van der Waals surface area contributed by atoms with Crippen molar-refractivity contribution < 1.29 is 0 Å². The van der Waals surface area contributed by atoms with Crippen LogP contribution in [0.1, 0.15) is 17.3 Å². The first-order chi connectivity index (χ1) is 7.84. The number of rotatable bonds is 1. The lowest BCUT2D eigenvalue weighted by molar-refractivity contribution is 0.467. The molecule has 82 valence electrons. The van der Waals surface area contributed by atoms with Gasteiger partial charge in [-0.25, -0.2) is 0 Å². The number of nitrogens with zero attached hydrogens (tertiary/aromatic N) is 1. The average Bonchev–Trinajstić information content (AvgIpc) is 2.78. The molecule has 0 saturated carbocycles. The zero-order valence-corrected chi connectivity index (χ0v) is 9.61. The van der Waals surface area contributed by atoms with E-state index < -0.39 is 0 Å². The largest absolute Gasteiger partial charge is 0.348 e. The number of halogens is 1. The Morgan fingerprint density at radius 3 is 2.81 bits per heavy atom. The molecule has 0 saturated heterocycles. The van der Waals surface area contributed by atoms with Crippen molar-refractivity contribution in [2.75, 3.05) is 6.54 Å². The number of benzene rings is 1. The van der Waals surface area contributed by atoms with Gasteiger partial charge in [-0.05, 0) is 29.8 Å². The Kier molecular flexibility index (Phi) is 2.46. The van der Waals surface area contributed by atoms with Crippen molar-refractivity contribution >= 4 is 11.6 Å². The van der Waals surface area contributed by atoms with Crippen LogP contribution in [0.5, 0.6) is 0 Å². The van der Waals surface area contributed by atoms with E-state index in [-0.39, 0.29) is 0 Å². The Morgan fingerprint density at radius 1 is 1.19 bits per heavy atom. The van der Waals surface area contributed by atoms with Crippen molar-refractivity contribution in [3.05, 3.63) is 58.9 Å². The third-order valence-corrected chi connectivity index (χ3v) is 3.32. The van der Waals surface area contributed by atoms with Gasteiger partial charge in [0.05, 0.1) is 6.04 Å². The standard InChI is InChI=1S/C13H13ClN2/c14-11-5-3-10(4-6-11)13-12-2-1-8-16(12)9-7-15-13/h1-6,8,13,15H,7,9H2/t13-/m1/s1. The summed E-state index contributed by atoms with van der Waals surface area (Å²) in [5.74, 6) is 0. The smallest absolute Gasteiger partial charge is 0.0731 e. The van der Waals surface area contributed by atoms with E-state index in [2.05, 4.69) is 40.3 Å². The van der Waals surface area contributed by atoms with Gasteiger partial charge in [-0.2, -0.15) is 0 Å². The molecule has 0 amide bonds. The van der Waals surface area contributed by atoms with Crippen LogP contribution in [0.4, 0.5) is 0 Å².